The van der Waals surface area contributed by atoms with Gasteiger partial charge in [0, 0.05) is 18.2 Å². The highest BCUT2D eigenvalue weighted by Crippen LogP contribution is 2.22. The number of benzene rings is 1. The van der Waals surface area contributed by atoms with Gasteiger partial charge < -0.3 is 9.84 Å². The SMILES string of the molecule is CCN(Cc1cc(C(=O)O)ccc1OC)C(C)C. The lowest BCUT2D eigenvalue weighted by atomic mass is 10.1. The summed E-state index contributed by atoms with van der Waals surface area (Å²) >= 11 is 0. The summed E-state index contributed by atoms with van der Waals surface area (Å²) in [5.74, 6) is -0.175. The first kappa shape index (κ1) is 14.5. The van der Waals surface area contributed by atoms with Crippen LogP contribution < -0.4 is 4.74 Å². The van der Waals surface area contributed by atoms with E-state index in [4.69, 9.17) is 9.84 Å². The Hall–Kier alpha value is -1.55. The van der Waals surface area contributed by atoms with Gasteiger partial charge in [0.15, 0.2) is 0 Å². The van der Waals surface area contributed by atoms with Crippen molar-refractivity contribution in [3.05, 3.63) is 29.3 Å². The summed E-state index contributed by atoms with van der Waals surface area (Å²) in [5, 5.41) is 9.02. The molecule has 4 nitrogen and oxygen atoms in total. The molecular weight excluding hydrogens is 230 g/mol. The standard InChI is InChI=1S/C14H21NO3/c1-5-15(10(2)3)9-12-8-11(14(16)17)6-7-13(12)18-4/h6-8,10H,5,9H2,1-4H3,(H,16,17). The highest BCUT2D eigenvalue weighted by Gasteiger charge is 2.13. The molecule has 1 aromatic rings. The van der Waals surface area contributed by atoms with Gasteiger partial charge in [-0.2, -0.15) is 0 Å². The van der Waals surface area contributed by atoms with Crippen LogP contribution in [0.15, 0.2) is 18.2 Å². The number of carboxylic acids is 1. The van der Waals surface area contributed by atoms with Gasteiger partial charge in [-0.3, -0.25) is 4.90 Å². The molecule has 0 fully saturated rings. The normalized spacial score (nSPS) is 11.0. The molecule has 0 heterocycles. The zero-order valence-corrected chi connectivity index (χ0v) is 11.4. The van der Waals surface area contributed by atoms with Gasteiger partial charge in [-0.05, 0) is 38.6 Å². The second-order valence-corrected chi connectivity index (χ2v) is 4.49. The molecule has 0 aliphatic rings. The minimum absolute atomic E-state index is 0.297. The number of hydrogen-bond acceptors (Lipinski definition) is 3. The molecule has 0 radical (unpaired) electrons. The molecule has 0 bridgehead atoms. The number of carbonyl (C=O) groups is 1. The predicted octanol–water partition coefficient (Wildman–Crippen LogP) is 2.62. The second-order valence-electron chi connectivity index (χ2n) is 4.49. The molecule has 0 aromatic heterocycles. The third kappa shape index (κ3) is 3.47. The molecule has 1 N–H and O–H groups in total. The van der Waals surface area contributed by atoms with Crippen LogP contribution in [0.25, 0.3) is 0 Å². The van der Waals surface area contributed by atoms with Crippen LogP contribution in [-0.4, -0.2) is 35.7 Å². The molecule has 100 valence electrons. The summed E-state index contributed by atoms with van der Waals surface area (Å²) in [4.78, 5) is 13.2. The Morgan fingerprint density at radius 2 is 2.11 bits per heavy atom. The van der Waals surface area contributed by atoms with E-state index in [-0.39, 0.29) is 0 Å². The average Bonchev–Trinajstić information content (AvgIpc) is 2.35. The van der Waals surface area contributed by atoms with E-state index < -0.39 is 5.97 Å². The quantitative estimate of drug-likeness (QED) is 0.844. The molecule has 0 spiro atoms. The topological polar surface area (TPSA) is 49.8 Å². The molecule has 0 unspecified atom stereocenters. The van der Waals surface area contributed by atoms with Gasteiger partial charge in [0.05, 0.1) is 12.7 Å². The van der Waals surface area contributed by atoms with Crippen LogP contribution in [0.3, 0.4) is 0 Å². The van der Waals surface area contributed by atoms with Crippen molar-refractivity contribution in [2.45, 2.75) is 33.4 Å². The Bertz CT molecular complexity index is 416. The molecule has 1 rings (SSSR count). The fourth-order valence-electron chi connectivity index (χ4n) is 1.91. The highest BCUT2D eigenvalue weighted by molar-refractivity contribution is 5.88. The summed E-state index contributed by atoms with van der Waals surface area (Å²) in [6, 6.07) is 5.38. The lowest BCUT2D eigenvalue weighted by Gasteiger charge is -2.25. The zero-order chi connectivity index (χ0) is 13.7. The van der Waals surface area contributed by atoms with Gasteiger partial charge in [-0.15, -0.1) is 0 Å². The highest BCUT2D eigenvalue weighted by atomic mass is 16.5. The van der Waals surface area contributed by atoms with E-state index in [1.54, 1.807) is 25.3 Å². The first-order valence-electron chi connectivity index (χ1n) is 6.13. The van der Waals surface area contributed by atoms with Gasteiger partial charge in [-0.25, -0.2) is 4.79 Å². The Morgan fingerprint density at radius 1 is 1.44 bits per heavy atom. The van der Waals surface area contributed by atoms with E-state index in [9.17, 15) is 4.79 Å². The molecular formula is C14H21NO3. The largest absolute Gasteiger partial charge is 0.496 e. The Kier molecular flexibility index (Phi) is 5.16. The maximum Gasteiger partial charge on any atom is 0.335 e. The van der Waals surface area contributed by atoms with E-state index in [2.05, 4.69) is 25.7 Å². The Labute approximate surface area is 108 Å². The van der Waals surface area contributed by atoms with Crippen LogP contribution >= 0.6 is 0 Å². The fourth-order valence-corrected chi connectivity index (χ4v) is 1.91. The zero-order valence-electron chi connectivity index (χ0n) is 11.4. The number of ether oxygens (including phenoxy) is 1. The molecule has 18 heavy (non-hydrogen) atoms. The summed E-state index contributed by atoms with van der Waals surface area (Å²) in [6.45, 7) is 7.94. The number of methoxy groups -OCH3 is 1. The van der Waals surface area contributed by atoms with E-state index in [0.717, 1.165) is 17.9 Å². The smallest absolute Gasteiger partial charge is 0.335 e. The van der Waals surface area contributed by atoms with Crippen molar-refractivity contribution in [1.82, 2.24) is 4.90 Å². The predicted molar refractivity (Wildman–Crippen MR) is 71.2 cm³/mol. The molecule has 0 amide bonds. The number of aromatic carboxylic acids is 1. The first-order chi connectivity index (χ1) is 8.49. The van der Waals surface area contributed by atoms with E-state index in [0.29, 0.717) is 18.2 Å². The van der Waals surface area contributed by atoms with E-state index in [1.807, 2.05) is 0 Å². The lowest BCUT2D eigenvalue weighted by molar-refractivity contribution is 0.0696. The number of carboxylic acid groups (broad SMARTS) is 1. The summed E-state index contributed by atoms with van der Waals surface area (Å²) < 4.78 is 5.29. The Balaban J connectivity index is 3.04. The molecule has 0 atom stereocenters. The molecule has 0 aliphatic heterocycles. The molecule has 4 heteroatoms. The Morgan fingerprint density at radius 3 is 2.56 bits per heavy atom. The van der Waals surface area contributed by atoms with Crippen molar-refractivity contribution >= 4 is 5.97 Å². The van der Waals surface area contributed by atoms with Crippen molar-refractivity contribution in [3.8, 4) is 5.75 Å². The number of rotatable bonds is 6. The number of hydrogen-bond donors (Lipinski definition) is 1. The minimum Gasteiger partial charge on any atom is -0.496 e. The van der Waals surface area contributed by atoms with Crippen molar-refractivity contribution in [2.75, 3.05) is 13.7 Å². The van der Waals surface area contributed by atoms with Gasteiger partial charge >= 0.3 is 5.97 Å². The van der Waals surface area contributed by atoms with Gasteiger partial charge in [0.2, 0.25) is 0 Å². The molecule has 0 saturated carbocycles. The molecule has 1 aromatic carbocycles. The van der Waals surface area contributed by atoms with Crippen molar-refractivity contribution in [2.24, 2.45) is 0 Å². The first-order valence-corrected chi connectivity index (χ1v) is 6.13. The van der Waals surface area contributed by atoms with E-state index >= 15 is 0 Å². The van der Waals surface area contributed by atoms with Crippen LogP contribution in [0.4, 0.5) is 0 Å². The third-order valence-corrected chi connectivity index (χ3v) is 3.04. The maximum atomic E-state index is 11.0. The van der Waals surface area contributed by atoms with Crippen LogP contribution in [0.1, 0.15) is 36.7 Å². The second kappa shape index (κ2) is 6.40. The minimum atomic E-state index is -0.911. The van der Waals surface area contributed by atoms with Gasteiger partial charge in [-0.1, -0.05) is 6.92 Å². The number of nitrogens with zero attached hydrogens (tertiary/aromatic N) is 1. The van der Waals surface area contributed by atoms with Crippen LogP contribution in [0, 0.1) is 0 Å². The van der Waals surface area contributed by atoms with Gasteiger partial charge in [0.1, 0.15) is 5.75 Å². The van der Waals surface area contributed by atoms with Crippen LogP contribution in [0.2, 0.25) is 0 Å². The van der Waals surface area contributed by atoms with E-state index in [1.165, 1.54) is 0 Å². The molecule has 0 saturated heterocycles. The van der Waals surface area contributed by atoms with Crippen LogP contribution in [-0.2, 0) is 6.54 Å². The fraction of sp³-hybridized carbons (Fsp3) is 0.500. The molecule has 0 aliphatic carbocycles. The van der Waals surface area contributed by atoms with Crippen molar-refractivity contribution in [1.29, 1.82) is 0 Å². The third-order valence-electron chi connectivity index (χ3n) is 3.04. The summed E-state index contributed by atoms with van der Waals surface area (Å²) in [7, 11) is 1.60. The summed E-state index contributed by atoms with van der Waals surface area (Å²) in [6.07, 6.45) is 0. The van der Waals surface area contributed by atoms with Gasteiger partial charge in [0.25, 0.3) is 0 Å². The average molecular weight is 251 g/mol. The monoisotopic (exact) mass is 251 g/mol. The van der Waals surface area contributed by atoms with Crippen molar-refractivity contribution in [3.63, 3.8) is 0 Å². The van der Waals surface area contributed by atoms with Crippen molar-refractivity contribution < 1.29 is 14.6 Å². The summed E-state index contributed by atoms with van der Waals surface area (Å²) in [5.41, 5.74) is 1.21. The maximum absolute atomic E-state index is 11.0. The lowest BCUT2D eigenvalue weighted by Crippen LogP contribution is -2.30. The van der Waals surface area contributed by atoms with Crippen LogP contribution in [0.5, 0.6) is 5.75 Å².